The van der Waals surface area contributed by atoms with Crippen LogP contribution in [0, 0.1) is 0 Å². The van der Waals surface area contributed by atoms with Crippen LogP contribution < -0.4 is 10.0 Å². The molecule has 2 aromatic carbocycles. The van der Waals surface area contributed by atoms with Gasteiger partial charge in [-0.1, -0.05) is 49.7 Å². The van der Waals surface area contributed by atoms with Crippen molar-refractivity contribution in [2.75, 3.05) is 19.6 Å². The minimum atomic E-state index is -4.90. The molecular weight excluding hydrogens is 561 g/mol. The lowest BCUT2D eigenvalue weighted by atomic mass is 10.0. The number of amides is 4. The predicted octanol–water partition coefficient (Wildman–Crippen LogP) is 4.14. The van der Waals surface area contributed by atoms with Gasteiger partial charge in [-0.2, -0.15) is 13.2 Å². The first kappa shape index (κ1) is 30.5. The molecule has 0 bridgehead atoms. The van der Waals surface area contributed by atoms with E-state index in [0.717, 1.165) is 29.9 Å². The van der Waals surface area contributed by atoms with Crippen molar-refractivity contribution < 1.29 is 36.0 Å². The van der Waals surface area contributed by atoms with E-state index in [1.165, 1.54) is 11.0 Å². The fraction of sp³-hybridized carbons (Fsp3) is 0.464. The molecule has 4 amide bonds. The smallest absolute Gasteiger partial charge is 0.341 e. The van der Waals surface area contributed by atoms with Crippen molar-refractivity contribution in [3.05, 3.63) is 54.1 Å². The highest BCUT2D eigenvalue weighted by atomic mass is 32.2. The van der Waals surface area contributed by atoms with Crippen molar-refractivity contribution in [2.45, 2.75) is 68.6 Å². The van der Waals surface area contributed by atoms with Gasteiger partial charge in [-0.25, -0.2) is 17.9 Å². The number of carbonyl (C=O) groups excluding carboxylic acids is 3. The summed E-state index contributed by atoms with van der Waals surface area (Å²) in [4.78, 5) is 39.6. The topological polar surface area (TPSA) is 116 Å². The summed E-state index contributed by atoms with van der Waals surface area (Å²) in [5.74, 6) is -0.836. The monoisotopic (exact) mass is 594 g/mol. The van der Waals surface area contributed by atoms with Crippen LogP contribution in [0.4, 0.5) is 18.0 Å². The molecule has 0 aliphatic carbocycles. The van der Waals surface area contributed by atoms with Gasteiger partial charge in [0.05, 0.1) is 10.5 Å². The molecule has 2 aromatic rings. The minimum absolute atomic E-state index is 0.0679. The molecule has 0 spiro atoms. The normalized spacial score (nSPS) is 18.5. The van der Waals surface area contributed by atoms with Gasteiger partial charge in [-0.15, -0.1) is 0 Å². The van der Waals surface area contributed by atoms with Crippen molar-refractivity contribution in [3.8, 4) is 11.1 Å². The molecule has 9 nitrogen and oxygen atoms in total. The molecule has 2 aliphatic heterocycles. The third-order valence-electron chi connectivity index (χ3n) is 7.33. The number of sulfonamides is 1. The molecule has 0 aromatic heterocycles. The molecule has 2 saturated heterocycles. The van der Waals surface area contributed by atoms with E-state index in [2.05, 4.69) is 10.0 Å². The van der Waals surface area contributed by atoms with Crippen LogP contribution in [0.3, 0.4) is 0 Å². The Morgan fingerprint density at radius 2 is 1.68 bits per heavy atom. The number of nitrogens with zero attached hydrogens (tertiary/aromatic N) is 2. The van der Waals surface area contributed by atoms with Gasteiger partial charge in [0.15, 0.2) is 0 Å². The average molecular weight is 595 g/mol. The molecule has 41 heavy (non-hydrogen) atoms. The van der Waals surface area contributed by atoms with Gasteiger partial charge >= 0.3 is 12.2 Å². The first-order chi connectivity index (χ1) is 19.4. The van der Waals surface area contributed by atoms with E-state index < -0.39 is 56.6 Å². The van der Waals surface area contributed by atoms with Crippen LogP contribution in [0.5, 0.6) is 0 Å². The number of nitrogens with one attached hydrogen (secondary N) is 2. The molecular formula is C28H33F3N4O5S. The number of alkyl halides is 3. The van der Waals surface area contributed by atoms with Crippen molar-refractivity contribution in [3.63, 3.8) is 0 Å². The SMILES string of the molecule is CCCCNC(=O)N1C(=O)CCC1C(=O)N1CCC(NS(=O)(=O)c2ccc(-c3ccccc3)cc2C(F)(F)F)CC1. The molecule has 1 atom stereocenters. The molecule has 2 aliphatic rings. The van der Waals surface area contributed by atoms with E-state index in [1.807, 2.05) is 6.92 Å². The Kier molecular flexibility index (Phi) is 9.37. The maximum atomic E-state index is 14.0. The van der Waals surface area contributed by atoms with E-state index in [0.29, 0.717) is 12.1 Å². The number of carbonyl (C=O) groups is 3. The highest BCUT2D eigenvalue weighted by Gasteiger charge is 2.43. The number of likely N-dealkylation sites (tertiary alicyclic amines) is 2. The van der Waals surface area contributed by atoms with E-state index in [9.17, 15) is 36.0 Å². The highest BCUT2D eigenvalue weighted by Crippen LogP contribution is 2.37. The number of halogens is 3. The van der Waals surface area contributed by atoms with Gasteiger partial charge < -0.3 is 10.2 Å². The lowest BCUT2D eigenvalue weighted by Crippen LogP contribution is -2.54. The number of unbranched alkanes of at least 4 members (excludes halogenated alkanes) is 1. The maximum absolute atomic E-state index is 14.0. The molecule has 13 heteroatoms. The first-order valence-electron chi connectivity index (χ1n) is 13.6. The summed E-state index contributed by atoms with van der Waals surface area (Å²) in [6.07, 6.45) is -2.72. The lowest BCUT2D eigenvalue weighted by molar-refractivity contribution is -0.140. The first-order valence-corrected chi connectivity index (χ1v) is 15.1. The van der Waals surface area contributed by atoms with Gasteiger partial charge in [-0.05, 0) is 48.9 Å². The molecule has 2 heterocycles. The summed E-state index contributed by atoms with van der Waals surface area (Å²) in [5, 5.41) is 2.66. The summed E-state index contributed by atoms with van der Waals surface area (Å²) in [6, 6.07) is 9.24. The van der Waals surface area contributed by atoms with Crippen LogP contribution in [0.2, 0.25) is 0 Å². The van der Waals surface area contributed by atoms with Crippen LogP contribution in [-0.4, -0.2) is 67.8 Å². The lowest BCUT2D eigenvalue weighted by Gasteiger charge is -2.35. The standard InChI is InChI=1S/C28H33F3N4O5S/c1-2-3-15-32-27(38)35-23(10-12-25(35)36)26(37)34-16-13-21(14-17-34)33-41(39,40)24-11-9-20(18-22(24)28(29,30)31)19-7-5-4-6-8-19/h4-9,11,18,21,23,33H,2-3,10,12-17H2,1H3,(H,32,38). The molecule has 222 valence electrons. The Morgan fingerprint density at radius 3 is 2.32 bits per heavy atom. The molecule has 1 unspecified atom stereocenters. The number of rotatable bonds is 8. The summed E-state index contributed by atoms with van der Waals surface area (Å²) < 4.78 is 70.5. The molecule has 0 radical (unpaired) electrons. The van der Waals surface area contributed by atoms with Crippen LogP contribution in [-0.2, 0) is 25.8 Å². The largest absolute Gasteiger partial charge is 0.417 e. The quantitative estimate of drug-likeness (QED) is 0.446. The Hall–Kier alpha value is -3.45. The Bertz CT molecular complexity index is 1380. The Labute approximate surface area is 237 Å². The van der Waals surface area contributed by atoms with Crippen molar-refractivity contribution in [1.29, 1.82) is 0 Å². The number of benzene rings is 2. The average Bonchev–Trinajstić information content (AvgIpc) is 3.34. The maximum Gasteiger partial charge on any atom is 0.417 e. The Morgan fingerprint density at radius 1 is 1.00 bits per heavy atom. The molecule has 2 N–H and O–H groups in total. The van der Waals surface area contributed by atoms with Crippen LogP contribution in [0.15, 0.2) is 53.4 Å². The number of imide groups is 1. The molecule has 4 rings (SSSR count). The summed E-state index contributed by atoms with van der Waals surface area (Å²) in [5.41, 5.74) is -0.503. The minimum Gasteiger partial charge on any atom is -0.341 e. The predicted molar refractivity (Wildman–Crippen MR) is 145 cm³/mol. The van der Waals surface area contributed by atoms with Crippen LogP contribution in [0.1, 0.15) is 51.0 Å². The highest BCUT2D eigenvalue weighted by molar-refractivity contribution is 7.89. The zero-order valence-electron chi connectivity index (χ0n) is 22.6. The van der Waals surface area contributed by atoms with E-state index >= 15 is 0 Å². The second-order valence-corrected chi connectivity index (χ2v) is 11.9. The number of piperidine rings is 1. The molecule has 0 saturated carbocycles. The van der Waals surface area contributed by atoms with Gasteiger partial charge in [0.2, 0.25) is 21.8 Å². The second-order valence-electron chi connectivity index (χ2n) is 10.2. The second kappa shape index (κ2) is 12.6. The fourth-order valence-electron chi connectivity index (χ4n) is 5.14. The van der Waals surface area contributed by atoms with Gasteiger partial charge in [0, 0.05) is 32.1 Å². The Balaban J connectivity index is 1.42. The van der Waals surface area contributed by atoms with Gasteiger partial charge in [-0.3, -0.25) is 14.5 Å². The van der Waals surface area contributed by atoms with Crippen LogP contribution >= 0.6 is 0 Å². The number of hydrogen-bond donors (Lipinski definition) is 2. The zero-order valence-corrected chi connectivity index (χ0v) is 23.4. The van der Waals surface area contributed by atoms with Crippen molar-refractivity contribution in [1.82, 2.24) is 19.8 Å². The number of hydrogen-bond acceptors (Lipinski definition) is 5. The zero-order chi connectivity index (χ0) is 29.8. The van der Waals surface area contributed by atoms with E-state index in [-0.39, 0.29) is 44.3 Å². The summed E-state index contributed by atoms with van der Waals surface area (Å²) >= 11 is 0. The van der Waals surface area contributed by atoms with Crippen molar-refractivity contribution >= 4 is 27.9 Å². The van der Waals surface area contributed by atoms with E-state index in [4.69, 9.17) is 0 Å². The molecule has 2 fully saturated rings. The third kappa shape index (κ3) is 7.07. The summed E-state index contributed by atoms with van der Waals surface area (Å²) in [6.45, 7) is 2.60. The third-order valence-corrected chi connectivity index (χ3v) is 8.91. The van der Waals surface area contributed by atoms with E-state index in [1.54, 1.807) is 30.3 Å². The fourth-order valence-corrected chi connectivity index (χ4v) is 6.65. The van der Waals surface area contributed by atoms with Gasteiger partial charge in [0.1, 0.15) is 6.04 Å². The summed E-state index contributed by atoms with van der Waals surface area (Å²) in [7, 11) is -4.54. The van der Waals surface area contributed by atoms with Crippen molar-refractivity contribution in [2.24, 2.45) is 0 Å². The number of urea groups is 1. The van der Waals surface area contributed by atoms with Gasteiger partial charge in [0.25, 0.3) is 0 Å². The van der Waals surface area contributed by atoms with Crippen LogP contribution in [0.25, 0.3) is 11.1 Å².